The molecule has 0 aromatic carbocycles. The standard InChI is InChI=1S/C9H14O2/c10-3-4-11-9-6-7-1-2-8(9)5-7/h1-2,7-10H,3-6H2/t7-,8+,9+/m0/s1. The molecule has 0 saturated heterocycles. The number of aliphatic hydroxyl groups is 1. The van der Waals surface area contributed by atoms with E-state index in [4.69, 9.17) is 9.84 Å². The zero-order chi connectivity index (χ0) is 7.68. The molecular formula is C9H14O2. The molecule has 1 fully saturated rings. The number of allylic oxidation sites excluding steroid dienone is 1. The van der Waals surface area contributed by atoms with E-state index in [0.29, 0.717) is 18.6 Å². The highest BCUT2D eigenvalue weighted by Crippen LogP contribution is 2.40. The van der Waals surface area contributed by atoms with Gasteiger partial charge in [-0.2, -0.15) is 0 Å². The fraction of sp³-hybridized carbons (Fsp3) is 0.778. The first-order chi connectivity index (χ1) is 5.40. The van der Waals surface area contributed by atoms with Crippen molar-refractivity contribution in [2.75, 3.05) is 13.2 Å². The maximum absolute atomic E-state index is 8.55. The Kier molecular flexibility index (Phi) is 1.96. The number of rotatable bonds is 3. The van der Waals surface area contributed by atoms with Gasteiger partial charge in [0.1, 0.15) is 0 Å². The summed E-state index contributed by atoms with van der Waals surface area (Å²) >= 11 is 0. The van der Waals surface area contributed by atoms with E-state index in [1.807, 2.05) is 0 Å². The summed E-state index contributed by atoms with van der Waals surface area (Å²) in [5.74, 6) is 1.41. The van der Waals surface area contributed by atoms with E-state index in [1.54, 1.807) is 0 Å². The normalized spacial score (nSPS) is 40.3. The Bertz CT molecular complexity index is 165. The topological polar surface area (TPSA) is 29.5 Å². The summed E-state index contributed by atoms with van der Waals surface area (Å²) in [6.45, 7) is 0.652. The molecule has 62 valence electrons. The molecule has 3 atom stereocenters. The Morgan fingerprint density at radius 3 is 2.82 bits per heavy atom. The molecule has 0 spiro atoms. The highest BCUT2D eigenvalue weighted by Gasteiger charge is 2.35. The Labute approximate surface area is 66.9 Å². The third-order valence-corrected chi connectivity index (χ3v) is 2.64. The van der Waals surface area contributed by atoms with Gasteiger partial charge in [-0.25, -0.2) is 0 Å². The van der Waals surface area contributed by atoms with E-state index in [0.717, 1.165) is 5.92 Å². The molecule has 0 aromatic heterocycles. The highest BCUT2D eigenvalue weighted by atomic mass is 16.5. The fourth-order valence-corrected chi connectivity index (χ4v) is 2.13. The van der Waals surface area contributed by atoms with Crippen molar-refractivity contribution in [2.45, 2.75) is 18.9 Å². The van der Waals surface area contributed by atoms with Crippen molar-refractivity contribution >= 4 is 0 Å². The zero-order valence-electron chi connectivity index (χ0n) is 6.57. The first-order valence-corrected chi connectivity index (χ1v) is 4.31. The van der Waals surface area contributed by atoms with Gasteiger partial charge in [-0.05, 0) is 18.8 Å². The van der Waals surface area contributed by atoms with Gasteiger partial charge >= 0.3 is 0 Å². The lowest BCUT2D eigenvalue weighted by Crippen LogP contribution is -2.19. The second-order valence-electron chi connectivity index (χ2n) is 3.41. The molecule has 2 heteroatoms. The summed E-state index contributed by atoms with van der Waals surface area (Å²) in [7, 11) is 0. The predicted molar refractivity (Wildman–Crippen MR) is 42.2 cm³/mol. The second-order valence-corrected chi connectivity index (χ2v) is 3.41. The Balaban J connectivity index is 1.84. The monoisotopic (exact) mass is 154 g/mol. The lowest BCUT2D eigenvalue weighted by molar-refractivity contribution is 0.0152. The molecule has 0 heterocycles. The van der Waals surface area contributed by atoms with Crippen molar-refractivity contribution in [2.24, 2.45) is 11.8 Å². The van der Waals surface area contributed by atoms with Crippen LogP contribution in [0.15, 0.2) is 12.2 Å². The lowest BCUT2D eigenvalue weighted by atomic mass is 10.1. The molecule has 1 N–H and O–H groups in total. The molecule has 2 bridgehead atoms. The van der Waals surface area contributed by atoms with E-state index in [-0.39, 0.29) is 6.61 Å². The van der Waals surface area contributed by atoms with Crippen molar-refractivity contribution in [3.8, 4) is 0 Å². The van der Waals surface area contributed by atoms with Crippen molar-refractivity contribution in [1.82, 2.24) is 0 Å². The molecule has 0 amide bonds. The number of fused-ring (bicyclic) bond motifs is 2. The van der Waals surface area contributed by atoms with Gasteiger partial charge in [0.15, 0.2) is 0 Å². The van der Waals surface area contributed by atoms with Crippen LogP contribution in [0.4, 0.5) is 0 Å². The van der Waals surface area contributed by atoms with Crippen LogP contribution in [0, 0.1) is 11.8 Å². The van der Waals surface area contributed by atoms with E-state index < -0.39 is 0 Å². The van der Waals surface area contributed by atoms with Crippen LogP contribution in [-0.2, 0) is 4.74 Å². The SMILES string of the molecule is OCCO[C@@H]1C[C@H]2C=C[C@@H]1C2. The molecule has 0 aromatic rings. The molecule has 2 nitrogen and oxygen atoms in total. The quantitative estimate of drug-likeness (QED) is 0.613. The average Bonchev–Trinajstić information content (AvgIpc) is 2.60. The summed E-state index contributed by atoms with van der Waals surface area (Å²) in [5.41, 5.74) is 0. The van der Waals surface area contributed by atoms with Gasteiger partial charge in [0.2, 0.25) is 0 Å². The molecule has 11 heavy (non-hydrogen) atoms. The summed E-state index contributed by atoms with van der Waals surface area (Å²) in [6, 6.07) is 0. The van der Waals surface area contributed by atoms with Gasteiger partial charge in [-0.15, -0.1) is 0 Å². The number of hydrogen-bond donors (Lipinski definition) is 1. The largest absolute Gasteiger partial charge is 0.394 e. The Morgan fingerprint density at radius 2 is 2.27 bits per heavy atom. The maximum Gasteiger partial charge on any atom is 0.0701 e. The summed E-state index contributed by atoms with van der Waals surface area (Å²) in [5, 5.41) is 8.55. The first kappa shape index (κ1) is 7.32. The first-order valence-electron chi connectivity index (χ1n) is 4.31. The van der Waals surface area contributed by atoms with E-state index in [1.165, 1.54) is 12.8 Å². The maximum atomic E-state index is 8.55. The van der Waals surface area contributed by atoms with Crippen LogP contribution in [0.1, 0.15) is 12.8 Å². The minimum atomic E-state index is 0.150. The van der Waals surface area contributed by atoms with Crippen molar-refractivity contribution < 1.29 is 9.84 Å². The van der Waals surface area contributed by atoms with E-state index >= 15 is 0 Å². The Morgan fingerprint density at radius 1 is 1.36 bits per heavy atom. The van der Waals surface area contributed by atoms with Crippen LogP contribution in [0.25, 0.3) is 0 Å². The summed E-state index contributed by atoms with van der Waals surface area (Å²) < 4.78 is 5.48. The minimum absolute atomic E-state index is 0.150. The third kappa shape index (κ3) is 1.33. The van der Waals surface area contributed by atoms with Gasteiger partial charge in [0.25, 0.3) is 0 Å². The summed E-state index contributed by atoms with van der Waals surface area (Å²) in [4.78, 5) is 0. The number of hydrogen-bond acceptors (Lipinski definition) is 2. The van der Waals surface area contributed by atoms with Gasteiger partial charge in [0, 0.05) is 5.92 Å². The molecule has 2 rings (SSSR count). The van der Waals surface area contributed by atoms with Crippen LogP contribution < -0.4 is 0 Å². The average molecular weight is 154 g/mol. The van der Waals surface area contributed by atoms with Crippen LogP contribution >= 0.6 is 0 Å². The molecule has 0 aliphatic heterocycles. The lowest BCUT2D eigenvalue weighted by Gasteiger charge is -2.17. The van der Waals surface area contributed by atoms with Crippen LogP contribution in [0.3, 0.4) is 0 Å². The summed E-state index contributed by atoms with van der Waals surface area (Å²) in [6.07, 6.45) is 7.40. The van der Waals surface area contributed by atoms with E-state index in [9.17, 15) is 0 Å². The molecule has 0 unspecified atom stereocenters. The van der Waals surface area contributed by atoms with Gasteiger partial charge < -0.3 is 9.84 Å². The Hall–Kier alpha value is -0.340. The number of ether oxygens (including phenoxy) is 1. The van der Waals surface area contributed by atoms with Gasteiger partial charge in [-0.3, -0.25) is 0 Å². The van der Waals surface area contributed by atoms with Crippen LogP contribution in [0.2, 0.25) is 0 Å². The smallest absolute Gasteiger partial charge is 0.0701 e. The molecule has 1 saturated carbocycles. The van der Waals surface area contributed by atoms with Crippen molar-refractivity contribution in [3.05, 3.63) is 12.2 Å². The van der Waals surface area contributed by atoms with Crippen molar-refractivity contribution in [1.29, 1.82) is 0 Å². The highest BCUT2D eigenvalue weighted by molar-refractivity contribution is 5.10. The third-order valence-electron chi connectivity index (χ3n) is 2.64. The fourth-order valence-electron chi connectivity index (χ4n) is 2.13. The van der Waals surface area contributed by atoms with E-state index in [2.05, 4.69) is 12.2 Å². The van der Waals surface area contributed by atoms with Crippen LogP contribution in [0.5, 0.6) is 0 Å². The van der Waals surface area contributed by atoms with Crippen LogP contribution in [-0.4, -0.2) is 24.4 Å². The molecular weight excluding hydrogens is 140 g/mol. The number of aliphatic hydroxyl groups excluding tert-OH is 1. The predicted octanol–water partition coefficient (Wildman–Crippen LogP) is 0.960. The second kappa shape index (κ2) is 2.95. The molecule has 2 aliphatic carbocycles. The minimum Gasteiger partial charge on any atom is -0.394 e. The zero-order valence-corrected chi connectivity index (χ0v) is 6.57. The molecule has 0 radical (unpaired) electrons. The van der Waals surface area contributed by atoms with Gasteiger partial charge in [-0.1, -0.05) is 12.2 Å². The van der Waals surface area contributed by atoms with Gasteiger partial charge in [0.05, 0.1) is 19.3 Å². The molecule has 2 aliphatic rings. The van der Waals surface area contributed by atoms with Crippen molar-refractivity contribution in [3.63, 3.8) is 0 Å².